The molecule has 12 heteroatoms. The topological polar surface area (TPSA) is 217 Å². The number of unbranched alkanes of at least 4 members (excludes halogenated alkanes) is 1. The van der Waals surface area contributed by atoms with Crippen molar-refractivity contribution in [2.45, 2.75) is 56.8 Å². The fraction of sp³-hybridized carbons (Fsp3) is 0.524. The maximum Gasteiger partial charge on any atom is 0.326 e. The number of benzene rings is 1. The van der Waals surface area contributed by atoms with Gasteiger partial charge < -0.3 is 42.7 Å². The Labute approximate surface area is 191 Å². The van der Waals surface area contributed by atoms with Crippen LogP contribution in [0.2, 0.25) is 0 Å². The van der Waals surface area contributed by atoms with E-state index in [0.29, 0.717) is 24.9 Å². The van der Waals surface area contributed by atoms with Gasteiger partial charge in [-0.05, 0) is 50.4 Å². The van der Waals surface area contributed by atoms with E-state index in [2.05, 4.69) is 16.0 Å². The first kappa shape index (κ1) is 27.8. The lowest BCUT2D eigenvalue weighted by molar-refractivity contribution is -0.142. The van der Waals surface area contributed by atoms with Gasteiger partial charge >= 0.3 is 5.97 Å². The molecule has 0 aliphatic carbocycles. The Morgan fingerprint density at radius 1 is 1.00 bits per heavy atom. The Kier molecular flexibility index (Phi) is 11.8. The van der Waals surface area contributed by atoms with E-state index < -0.39 is 54.5 Å². The summed E-state index contributed by atoms with van der Waals surface area (Å²) in [6.07, 6.45) is 0.160. The fourth-order valence-corrected chi connectivity index (χ4v) is 2.85. The van der Waals surface area contributed by atoms with Crippen molar-refractivity contribution in [2.24, 2.45) is 11.5 Å². The number of carbonyl (C=O) groups excluding carboxylic acids is 3. The number of aromatic hydroxyl groups is 1. The number of nitrogens with one attached hydrogen (secondary N) is 3. The van der Waals surface area contributed by atoms with Gasteiger partial charge in [0.05, 0.1) is 12.6 Å². The molecule has 1 rings (SSSR count). The van der Waals surface area contributed by atoms with Gasteiger partial charge in [0, 0.05) is 6.42 Å². The number of hydrogen-bond donors (Lipinski definition) is 8. The summed E-state index contributed by atoms with van der Waals surface area (Å²) in [5, 5.41) is 35.4. The highest BCUT2D eigenvalue weighted by molar-refractivity contribution is 5.92. The second-order valence-corrected chi connectivity index (χ2v) is 7.66. The molecule has 0 aromatic heterocycles. The number of phenols is 1. The summed E-state index contributed by atoms with van der Waals surface area (Å²) in [7, 11) is 0. The van der Waals surface area contributed by atoms with E-state index in [1.54, 1.807) is 12.1 Å². The minimum Gasteiger partial charge on any atom is -0.508 e. The number of aliphatic hydroxyl groups excluding tert-OH is 1. The van der Waals surface area contributed by atoms with E-state index in [0.717, 1.165) is 0 Å². The number of phenolic OH excluding ortho intramolecular Hbond substituents is 1. The molecule has 4 unspecified atom stereocenters. The molecule has 3 amide bonds. The molecular weight excluding hydrogens is 434 g/mol. The summed E-state index contributed by atoms with van der Waals surface area (Å²) in [5.41, 5.74) is 11.5. The minimum absolute atomic E-state index is 0.00806. The molecule has 0 saturated heterocycles. The summed E-state index contributed by atoms with van der Waals surface area (Å²) < 4.78 is 0. The second-order valence-electron chi connectivity index (χ2n) is 7.66. The van der Waals surface area contributed by atoms with Crippen LogP contribution < -0.4 is 27.4 Å². The third kappa shape index (κ3) is 10.3. The largest absolute Gasteiger partial charge is 0.508 e. The number of aliphatic carboxylic acids is 1. The molecule has 0 radical (unpaired) electrons. The molecule has 0 saturated carbocycles. The molecule has 0 spiro atoms. The van der Waals surface area contributed by atoms with Crippen LogP contribution in [0.3, 0.4) is 0 Å². The summed E-state index contributed by atoms with van der Waals surface area (Å²) in [5.74, 6) is -3.37. The van der Waals surface area contributed by atoms with Gasteiger partial charge in [0.25, 0.3) is 0 Å². The Hall–Kier alpha value is -3.22. The number of rotatable bonds is 14. The normalized spacial score (nSPS) is 14.4. The Bertz CT molecular complexity index is 801. The van der Waals surface area contributed by atoms with Gasteiger partial charge in [0.1, 0.15) is 23.9 Å². The maximum absolute atomic E-state index is 12.8. The molecule has 0 bridgehead atoms. The molecule has 1 aromatic carbocycles. The van der Waals surface area contributed by atoms with Crippen LogP contribution in [0.1, 0.15) is 31.7 Å². The van der Waals surface area contributed by atoms with Crippen molar-refractivity contribution < 1.29 is 34.5 Å². The van der Waals surface area contributed by atoms with Gasteiger partial charge in [0.2, 0.25) is 17.7 Å². The van der Waals surface area contributed by atoms with Crippen LogP contribution in [-0.2, 0) is 25.6 Å². The van der Waals surface area contributed by atoms with E-state index >= 15 is 0 Å². The summed E-state index contributed by atoms with van der Waals surface area (Å²) in [6.45, 7) is 1.22. The van der Waals surface area contributed by atoms with E-state index in [1.165, 1.54) is 19.1 Å². The van der Waals surface area contributed by atoms with Crippen molar-refractivity contribution in [1.29, 1.82) is 0 Å². The molecule has 12 nitrogen and oxygen atoms in total. The minimum atomic E-state index is -1.22. The summed E-state index contributed by atoms with van der Waals surface area (Å²) in [6, 6.07) is 2.40. The van der Waals surface area contributed by atoms with E-state index in [4.69, 9.17) is 11.5 Å². The molecule has 0 aliphatic rings. The number of amides is 3. The predicted octanol–water partition coefficient (Wildman–Crippen LogP) is -2.06. The van der Waals surface area contributed by atoms with Crippen molar-refractivity contribution in [1.82, 2.24) is 16.0 Å². The van der Waals surface area contributed by atoms with Crippen molar-refractivity contribution in [3.8, 4) is 5.75 Å². The van der Waals surface area contributed by atoms with E-state index in [9.17, 15) is 34.5 Å². The molecule has 33 heavy (non-hydrogen) atoms. The fourth-order valence-electron chi connectivity index (χ4n) is 2.85. The molecule has 10 N–H and O–H groups in total. The van der Waals surface area contributed by atoms with Gasteiger partial charge in [-0.25, -0.2) is 4.79 Å². The lowest BCUT2D eigenvalue weighted by atomic mass is 10.0. The molecule has 184 valence electrons. The lowest BCUT2D eigenvalue weighted by Gasteiger charge is -2.22. The van der Waals surface area contributed by atoms with Crippen LogP contribution in [0.15, 0.2) is 24.3 Å². The lowest BCUT2D eigenvalue weighted by Crippen LogP contribution is -2.55. The monoisotopic (exact) mass is 467 g/mol. The van der Waals surface area contributed by atoms with Crippen molar-refractivity contribution in [3.63, 3.8) is 0 Å². The van der Waals surface area contributed by atoms with Crippen LogP contribution in [-0.4, -0.2) is 76.3 Å². The number of carboxylic acid groups (broad SMARTS) is 1. The van der Waals surface area contributed by atoms with Crippen LogP contribution in [0.25, 0.3) is 0 Å². The van der Waals surface area contributed by atoms with Crippen LogP contribution in [0.5, 0.6) is 5.75 Å². The summed E-state index contributed by atoms with van der Waals surface area (Å²) >= 11 is 0. The Morgan fingerprint density at radius 3 is 2.18 bits per heavy atom. The molecule has 0 heterocycles. The van der Waals surface area contributed by atoms with Crippen molar-refractivity contribution in [2.75, 3.05) is 13.1 Å². The molecular formula is C21H33N5O7. The van der Waals surface area contributed by atoms with Crippen LogP contribution in [0.4, 0.5) is 0 Å². The SMILES string of the molecule is CC(O)C(N)C(=O)NCC(=O)NC(Cc1ccc(O)cc1)C(=O)NC(CCCCN)C(=O)O. The van der Waals surface area contributed by atoms with Gasteiger partial charge in [-0.3, -0.25) is 14.4 Å². The predicted molar refractivity (Wildman–Crippen MR) is 119 cm³/mol. The Balaban J connectivity index is 2.87. The first-order valence-corrected chi connectivity index (χ1v) is 10.6. The average Bonchev–Trinajstić information content (AvgIpc) is 2.76. The smallest absolute Gasteiger partial charge is 0.326 e. The van der Waals surface area contributed by atoms with E-state index in [-0.39, 0.29) is 18.6 Å². The average molecular weight is 468 g/mol. The molecule has 4 atom stereocenters. The quantitative estimate of drug-likeness (QED) is 0.141. The van der Waals surface area contributed by atoms with Crippen LogP contribution >= 0.6 is 0 Å². The zero-order chi connectivity index (χ0) is 25.0. The number of nitrogens with two attached hydrogens (primary N) is 2. The maximum atomic E-state index is 12.8. The standard InChI is InChI=1S/C21H33N5O7/c1-12(27)18(23)20(31)24-11-17(29)25-16(10-13-5-7-14(28)8-6-13)19(30)26-15(21(32)33)4-2-3-9-22/h5-8,12,15-16,18,27-28H,2-4,9-11,22-23H2,1H3,(H,24,31)(H,25,29)(H,26,30)(H,32,33). The first-order valence-electron chi connectivity index (χ1n) is 10.6. The Morgan fingerprint density at radius 2 is 1.64 bits per heavy atom. The second kappa shape index (κ2) is 14.0. The van der Waals surface area contributed by atoms with Gasteiger partial charge in [0.15, 0.2) is 0 Å². The first-order chi connectivity index (χ1) is 15.5. The zero-order valence-electron chi connectivity index (χ0n) is 18.5. The van der Waals surface area contributed by atoms with Gasteiger partial charge in [-0.2, -0.15) is 0 Å². The van der Waals surface area contributed by atoms with Gasteiger partial charge in [-0.1, -0.05) is 12.1 Å². The highest BCUT2D eigenvalue weighted by atomic mass is 16.4. The molecule has 0 aliphatic heterocycles. The highest BCUT2D eigenvalue weighted by Crippen LogP contribution is 2.12. The number of carbonyl (C=O) groups is 4. The number of carboxylic acids is 1. The van der Waals surface area contributed by atoms with E-state index in [1.807, 2.05) is 0 Å². The molecule has 1 aromatic rings. The zero-order valence-corrected chi connectivity index (χ0v) is 18.5. The van der Waals surface area contributed by atoms with Crippen molar-refractivity contribution >= 4 is 23.7 Å². The number of hydrogen-bond acceptors (Lipinski definition) is 8. The third-order valence-corrected chi connectivity index (χ3v) is 4.84. The van der Waals surface area contributed by atoms with Crippen molar-refractivity contribution in [3.05, 3.63) is 29.8 Å². The summed E-state index contributed by atoms with van der Waals surface area (Å²) in [4.78, 5) is 48.5. The third-order valence-electron chi connectivity index (χ3n) is 4.84. The molecule has 0 fully saturated rings. The van der Waals surface area contributed by atoms with Gasteiger partial charge in [-0.15, -0.1) is 0 Å². The highest BCUT2D eigenvalue weighted by Gasteiger charge is 2.27. The van der Waals surface area contributed by atoms with Crippen LogP contribution in [0, 0.1) is 0 Å². The number of aliphatic hydroxyl groups is 1.